The molecule has 0 fully saturated rings. The van der Waals surface area contributed by atoms with Gasteiger partial charge in [-0.3, -0.25) is 0 Å². The van der Waals surface area contributed by atoms with E-state index < -0.39 is 0 Å². The van der Waals surface area contributed by atoms with Gasteiger partial charge in [0.2, 0.25) is 0 Å². The average molecular weight is 329 g/mol. The Kier molecular flexibility index (Phi) is 5.00. The molecule has 1 aromatic carbocycles. The van der Waals surface area contributed by atoms with Crippen LogP contribution in [0.4, 0.5) is 10.2 Å². The number of rotatable bonds is 7. The largest absolute Gasteiger partial charge is 0.382 e. The molecule has 0 bridgehead atoms. The number of benzene rings is 1. The quantitative estimate of drug-likeness (QED) is 0.675. The number of halogens is 1. The van der Waals surface area contributed by atoms with Crippen molar-refractivity contribution in [2.45, 2.75) is 20.3 Å². The Hall–Kier alpha value is -2.54. The average Bonchev–Trinajstić information content (AvgIpc) is 2.93. The summed E-state index contributed by atoms with van der Waals surface area (Å²) >= 11 is 0. The molecule has 0 amide bonds. The fraction of sp³-hybridized carbons (Fsp3) is 0.353. The fourth-order valence-corrected chi connectivity index (χ4v) is 2.57. The van der Waals surface area contributed by atoms with E-state index in [0.717, 1.165) is 24.0 Å². The monoisotopic (exact) mass is 329 g/mol. The minimum Gasteiger partial charge on any atom is -0.382 e. The standard InChI is InChI=1S/C17H20FN5O/c1-3-24-10-6-9-19-16-15-12(2)22-23(17(15)21-11-20-16)14-8-5-4-7-13(14)18/h4-5,7-8,11H,3,6,9-10H2,1-2H3,(H,19,20,21). The van der Waals surface area contributed by atoms with E-state index in [-0.39, 0.29) is 5.82 Å². The summed E-state index contributed by atoms with van der Waals surface area (Å²) in [5.41, 5.74) is 1.71. The van der Waals surface area contributed by atoms with Crippen LogP contribution >= 0.6 is 0 Å². The highest BCUT2D eigenvalue weighted by Crippen LogP contribution is 2.26. The highest BCUT2D eigenvalue weighted by Gasteiger charge is 2.16. The Labute approximate surface area is 139 Å². The number of nitrogens with zero attached hydrogens (tertiary/aromatic N) is 4. The van der Waals surface area contributed by atoms with Gasteiger partial charge in [0.25, 0.3) is 0 Å². The zero-order valence-electron chi connectivity index (χ0n) is 13.8. The number of fused-ring (bicyclic) bond motifs is 1. The lowest BCUT2D eigenvalue weighted by Gasteiger charge is -2.07. The molecule has 3 aromatic rings. The Morgan fingerprint density at radius 2 is 2.08 bits per heavy atom. The predicted octanol–water partition coefficient (Wildman–Crippen LogP) is 3.10. The Morgan fingerprint density at radius 1 is 1.25 bits per heavy atom. The summed E-state index contributed by atoms with van der Waals surface area (Å²) in [6.45, 7) is 5.99. The van der Waals surface area contributed by atoms with Gasteiger partial charge in [0.05, 0.1) is 11.1 Å². The van der Waals surface area contributed by atoms with Crippen molar-refractivity contribution in [3.05, 3.63) is 42.1 Å². The van der Waals surface area contributed by atoms with Gasteiger partial charge in [-0.2, -0.15) is 5.10 Å². The van der Waals surface area contributed by atoms with Gasteiger partial charge in [-0.1, -0.05) is 12.1 Å². The van der Waals surface area contributed by atoms with E-state index in [1.807, 2.05) is 13.8 Å². The van der Waals surface area contributed by atoms with E-state index >= 15 is 0 Å². The Bertz CT molecular complexity index is 833. The summed E-state index contributed by atoms with van der Waals surface area (Å²) in [6.07, 6.45) is 2.34. The van der Waals surface area contributed by atoms with E-state index in [1.54, 1.807) is 18.2 Å². The number of hydrogen-bond acceptors (Lipinski definition) is 5. The van der Waals surface area contributed by atoms with Gasteiger partial charge in [0, 0.05) is 19.8 Å². The zero-order chi connectivity index (χ0) is 16.9. The van der Waals surface area contributed by atoms with Crippen LogP contribution in [0.2, 0.25) is 0 Å². The minimum absolute atomic E-state index is 0.341. The highest BCUT2D eigenvalue weighted by molar-refractivity contribution is 5.90. The third-order valence-corrected chi connectivity index (χ3v) is 3.68. The number of nitrogens with one attached hydrogen (secondary N) is 1. The van der Waals surface area contributed by atoms with Crippen molar-refractivity contribution in [3.8, 4) is 5.69 Å². The molecule has 1 N–H and O–H groups in total. The van der Waals surface area contributed by atoms with Crippen LogP contribution in [-0.2, 0) is 4.74 Å². The third-order valence-electron chi connectivity index (χ3n) is 3.68. The van der Waals surface area contributed by atoms with Crippen molar-refractivity contribution in [3.63, 3.8) is 0 Å². The molecule has 0 aliphatic heterocycles. The van der Waals surface area contributed by atoms with E-state index in [2.05, 4.69) is 20.4 Å². The molecule has 0 aliphatic rings. The van der Waals surface area contributed by atoms with Gasteiger partial charge < -0.3 is 10.1 Å². The molecular formula is C17H20FN5O. The van der Waals surface area contributed by atoms with Gasteiger partial charge in [-0.25, -0.2) is 19.0 Å². The Balaban J connectivity index is 1.92. The second-order valence-electron chi connectivity index (χ2n) is 5.35. The van der Waals surface area contributed by atoms with Gasteiger partial charge in [-0.15, -0.1) is 0 Å². The zero-order valence-corrected chi connectivity index (χ0v) is 13.8. The van der Waals surface area contributed by atoms with E-state index in [4.69, 9.17) is 4.74 Å². The molecule has 6 nitrogen and oxygen atoms in total. The maximum absolute atomic E-state index is 14.1. The summed E-state index contributed by atoms with van der Waals surface area (Å²) in [6, 6.07) is 6.51. The third kappa shape index (κ3) is 3.21. The molecule has 0 saturated carbocycles. The van der Waals surface area contributed by atoms with Crippen LogP contribution in [0.5, 0.6) is 0 Å². The number of aryl methyl sites for hydroxylation is 1. The van der Waals surface area contributed by atoms with Gasteiger partial charge >= 0.3 is 0 Å². The molecule has 2 heterocycles. The lowest BCUT2D eigenvalue weighted by atomic mass is 10.3. The topological polar surface area (TPSA) is 64.9 Å². The Morgan fingerprint density at radius 3 is 2.88 bits per heavy atom. The van der Waals surface area contributed by atoms with E-state index in [9.17, 15) is 4.39 Å². The summed E-state index contributed by atoms with van der Waals surface area (Å²) in [5, 5.41) is 8.54. The summed E-state index contributed by atoms with van der Waals surface area (Å²) in [7, 11) is 0. The molecule has 0 atom stereocenters. The van der Waals surface area contributed by atoms with Crippen molar-refractivity contribution in [1.82, 2.24) is 19.7 Å². The fourth-order valence-electron chi connectivity index (χ4n) is 2.57. The normalized spacial score (nSPS) is 11.1. The van der Waals surface area contributed by atoms with Crippen molar-refractivity contribution in [1.29, 1.82) is 0 Å². The smallest absolute Gasteiger partial charge is 0.168 e. The van der Waals surface area contributed by atoms with Crippen molar-refractivity contribution in [2.24, 2.45) is 0 Å². The molecule has 24 heavy (non-hydrogen) atoms. The van der Waals surface area contributed by atoms with Gasteiger partial charge in [0.15, 0.2) is 5.65 Å². The minimum atomic E-state index is -0.341. The number of para-hydroxylation sites is 1. The summed E-state index contributed by atoms with van der Waals surface area (Å²) in [4.78, 5) is 8.60. The van der Waals surface area contributed by atoms with Crippen molar-refractivity contribution < 1.29 is 9.13 Å². The molecular weight excluding hydrogens is 309 g/mol. The SMILES string of the molecule is CCOCCCNc1ncnc2c1c(C)nn2-c1ccccc1F. The molecule has 0 unspecified atom stereocenters. The van der Waals surface area contributed by atoms with Crippen molar-refractivity contribution in [2.75, 3.05) is 25.1 Å². The van der Waals surface area contributed by atoms with Crippen LogP contribution in [0, 0.1) is 12.7 Å². The number of ether oxygens (including phenoxy) is 1. The lowest BCUT2D eigenvalue weighted by molar-refractivity contribution is 0.147. The molecule has 0 spiro atoms. The molecule has 0 radical (unpaired) electrons. The predicted molar refractivity (Wildman–Crippen MR) is 91.0 cm³/mol. The van der Waals surface area contributed by atoms with Crippen LogP contribution in [0.15, 0.2) is 30.6 Å². The van der Waals surface area contributed by atoms with E-state index in [0.29, 0.717) is 30.4 Å². The summed E-state index contributed by atoms with van der Waals surface area (Å²) < 4.78 is 20.9. The molecule has 126 valence electrons. The first kappa shape index (κ1) is 16.3. The first-order valence-corrected chi connectivity index (χ1v) is 7.99. The van der Waals surface area contributed by atoms with Gasteiger partial charge in [-0.05, 0) is 32.4 Å². The van der Waals surface area contributed by atoms with E-state index in [1.165, 1.54) is 17.1 Å². The van der Waals surface area contributed by atoms with Crippen LogP contribution in [0.25, 0.3) is 16.7 Å². The van der Waals surface area contributed by atoms with Gasteiger partial charge in [0.1, 0.15) is 23.6 Å². The second-order valence-corrected chi connectivity index (χ2v) is 5.35. The lowest BCUT2D eigenvalue weighted by Crippen LogP contribution is -2.08. The van der Waals surface area contributed by atoms with Crippen LogP contribution in [0.1, 0.15) is 19.0 Å². The van der Waals surface area contributed by atoms with Crippen LogP contribution in [0.3, 0.4) is 0 Å². The van der Waals surface area contributed by atoms with Crippen LogP contribution < -0.4 is 5.32 Å². The number of aromatic nitrogens is 4. The summed E-state index contributed by atoms with van der Waals surface area (Å²) in [5.74, 6) is 0.364. The maximum atomic E-state index is 14.1. The molecule has 0 aliphatic carbocycles. The second kappa shape index (κ2) is 7.35. The molecule has 3 rings (SSSR count). The maximum Gasteiger partial charge on any atom is 0.168 e. The number of anilines is 1. The van der Waals surface area contributed by atoms with Crippen molar-refractivity contribution >= 4 is 16.9 Å². The highest BCUT2D eigenvalue weighted by atomic mass is 19.1. The van der Waals surface area contributed by atoms with Crippen LogP contribution in [-0.4, -0.2) is 39.5 Å². The molecule has 7 heteroatoms. The molecule has 0 saturated heterocycles. The first-order valence-electron chi connectivity index (χ1n) is 7.99. The first-order chi connectivity index (χ1) is 11.7. The number of hydrogen-bond donors (Lipinski definition) is 1. The molecule has 2 aromatic heterocycles.